The number of rotatable bonds is 8. The minimum absolute atomic E-state index is 0.0150. The quantitative estimate of drug-likeness (QED) is 0.583. The van der Waals surface area contributed by atoms with Crippen molar-refractivity contribution in [2.75, 3.05) is 12.9 Å². The summed E-state index contributed by atoms with van der Waals surface area (Å²) in [5, 5.41) is 14.5. The zero-order valence-electron chi connectivity index (χ0n) is 14.9. The molecule has 1 aliphatic rings. The highest BCUT2D eigenvalue weighted by atomic mass is 32.2. The van der Waals surface area contributed by atoms with Crippen LogP contribution in [-0.2, 0) is 11.3 Å². The predicted octanol–water partition coefficient (Wildman–Crippen LogP) is 3.76. The Morgan fingerprint density at radius 2 is 2.11 bits per heavy atom. The van der Waals surface area contributed by atoms with Crippen LogP contribution in [0.1, 0.15) is 24.4 Å². The highest BCUT2D eigenvalue weighted by molar-refractivity contribution is 7.99. The minimum Gasteiger partial charge on any atom is -0.497 e. The first-order chi connectivity index (χ1) is 13.2. The molecule has 0 atom stereocenters. The summed E-state index contributed by atoms with van der Waals surface area (Å²) in [6, 6.07) is 12.2. The Balaban J connectivity index is 1.35. The van der Waals surface area contributed by atoms with E-state index >= 15 is 0 Å². The van der Waals surface area contributed by atoms with Crippen LogP contribution in [0.15, 0.2) is 46.9 Å². The van der Waals surface area contributed by atoms with Crippen molar-refractivity contribution in [1.82, 2.24) is 20.1 Å². The summed E-state index contributed by atoms with van der Waals surface area (Å²) in [7, 11) is 1.64. The molecule has 27 heavy (non-hydrogen) atoms. The molecule has 1 aromatic carbocycles. The molecule has 1 aliphatic carbocycles. The van der Waals surface area contributed by atoms with Gasteiger partial charge in [0.15, 0.2) is 11.0 Å². The first kappa shape index (κ1) is 18.1. The number of benzene rings is 1. The second kappa shape index (κ2) is 8.14. The monoisotopic (exact) mass is 400 g/mol. The number of hydrogen-bond donors (Lipinski definition) is 1. The fourth-order valence-corrected chi connectivity index (χ4v) is 4.28. The van der Waals surface area contributed by atoms with E-state index < -0.39 is 0 Å². The third-order valence-electron chi connectivity index (χ3n) is 4.30. The zero-order chi connectivity index (χ0) is 18.6. The molecule has 0 radical (unpaired) electrons. The molecule has 2 heterocycles. The van der Waals surface area contributed by atoms with Crippen molar-refractivity contribution in [2.24, 2.45) is 0 Å². The number of carbonyl (C=O) groups excluding carboxylic acids is 1. The number of carbonyl (C=O) groups is 1. The molecule has 0 aliphatic heterocycles. The van der Waals surface area contributed by atoms with Crippen molar-refractivity contribution in [3.8, 4) is 16.5 Å². The van der Waals surface area contributed by atoms with Gasteiger partial charge in [0.25, 0.3) is 0 Å². The summed E-state index contributed by atoms with van der Waals surface area (Å²) in [6.45, 7) is 0.499. The van der Waals surface area contributed by atoms with E-state index in [9.17, 15) is 4.79 Å². The van der Waals surface area contributed by atoms with E-state index in [1.807, 2.05) is 35.7 Å². The van der Waals surface area contributed by atoms with Crippen LogP contribution >= 0.6 is 23.1 Å². The van der Waals surface area contributed by atoms with Gasteiger partial charge in [0, 0.05) is 12.6 Å². The van der Waals surface area contributed by atoms with Crippen LogP contribution in [0.25, 0.3) is 10.7 Å². The highest BCUT2D eigenvalue weighted by Crippen LogP contribution is 2.41. The van der Waals surface area contributed by atoms with Crippen LogP contribution in [0, 0.1) is 0 Å². The Morgan fingerprint density at radius 3 is 2.78 bits per heavy atom. The zero-order valence-corrected chi connectivity index (χ0v) is 16.6. The minimum atomic E-state index is -0.0150. The number of nitrogens with zero attached hydrogens (tertiary/aromatic N) is 3. The van der Waals surface area contributed by atoms with Crippen molar-refractivity contribution in [1.29, 1.82) is 0 Å². The normalized spacial score (nSPS) is 13.5. The van der Waals surface area contributed by atoms with E-state index in [0.29, 0.717) is 18.3 Å². The smallest absolute Gasteiger partial charge is 0.230 e. The van der Waals surface area contributed by atoms with Crippen LogP contribution in [-0.4, -0.2) is 33.5 Å². The molecule has 140 valence electrons. The van der Waals surface area contributed by atoms with Gasteiger partial charge in [-0.25, -0.2) is 0 Å². The molecule has 1 amide bonds. The molecular weight excluding hydrogens is 380 g/mol. The molecule has 3 aromatic rings. The largest absolute Gasteiger partial charge is 0.497 e. The van der Waals surface area contributed by atoms with Gasteiger partial charge in [-0.1, -0.05) is 30.0 Å². The lowest BCUT2D eigenvalue weighted by atomic mass is 10.2. The third kappa shape index (κ3) is 4.33. The summed E-state index contributed by atoms with van der Waals surface area (Å²) < 4.78 is 7.33. The highest BCUT2D eigenvalue weighted by Gasteiger charge is 2.30. The Hall–Kier alpha value is -2.32. The maximum atomic E-state index is 12.2. The summed E-state index contributed by atoms with van der Waals surface area (Å²) in [6.07, 6.45) is 2.29. The summed E-state index contributed by atoms with van der Waals surface area (Å²) >= 11 is 3.11. The van der Waals surface area contributed by atoms with E-state index in [1.165, 1.54) is 11.8 Å². The molecule has 0 bridgehead atoms. The number of thioether (sulfide) groups is 1. The van der Waals surface area contributed by atoms with Crippen molar-refractivity contribution in [3.63, 3.8) is 0 Å². The second-order valence-electron chi connectivity index (χ2n) is 6.30. The van der Waals surface area contributed by atoms with Gasteiger partial charge < -0.3 is 10.1 Å². The molecular formula is C19H20N4O2S2. The van der Waals surface area contributed by atoms with Crippen molar-refractivity contribution in [3.05, 3.63) is 47.3 Å². The molecule has 1 saturated carbocycles. The maximum absolute atomic E-state index is 12.2. The molecule has 1 fully saturated rings. The number of nitrogens with one attached hydrogen (secondary N) is 1. The average molecular weight is 401 g/mol. The van der Waals surface area contributed by atoms with E-state index in [2.05, 4.69) is 26.1 Å². The van der Waals surface area contributed by atoms with Crippen molar-refractivity contribution >= 4 is 29.0 Å². The second-order valence-corrected chi connectivity index (χ2v) is 8.19. The lowest BCUT2D eigenvalue weighted by Crippen LogP contribution is -2.24. The van der Waals surface area contributed by atoms with Gasteiger partial charge in [0.2, 0.25) is 5.91 Å². The van der Waals surface area contributed by atoms with Crippen LogP contribution in [0.3, 0.4) is 0 Å². The van der Waals surface area contributed by atoms with Crippen LogP contribution < -0.4 is 10.1 Å². The molecule has 0 unspecified atom stereocenters. The number of hydrogen-bond acceptors (Lipinski definition) is 6. The topological polar surface area (TPSA) is 69.0 Å². The maximum Gasteiger partial charge on any atom is 0.230 e. The van der Waals surface area contributed by atoms with Gasteiger partial charge in [-0.3, -0.25) is 9.36 Å². The SMILES string of the molecule is COc1ccc(CNC(=O)CSc2nnc(-c3cccs3)n2C2CC2)cc1. The lowest BCUT2D eigenvalue weighted by Gasteiger charge is -2.08. The first-order valence-corrected chi connectivity index (χ1v) is 10.6. The van der Waals surface area contributed by atoms with E-state index in [1.54, 1.807) is 18.4 Å². The molecule has 0 spiro atoms. The Morgan fingerprint density at radius 1 is 1.30 bits per heavy atom. The molecule has 2 aromatic heterocycles. The number of aromatic nitrogens is 3. The summed E-state index contributed by atoms with van der Waals surface area (Å²) in [4.78, 5) is 13.3. The van der Waals surface area contributed by atoms with Crippen LogP contribution in [0.2, 0.25) is 0 Å². The third-order valence-corrected chi connectivity index (χ3v) is 6.11. The molecule has 1 N–H and O–H groups in total. The summed E-state index contributed by atoms with van der Waals surface area (Å²) in [5.41, 5.74) is 1.04. The van der Waals surface area contributed by atoms with Crippen LogP contribution in [0.4, 0.5) is 0 Å². The van der Waals surface area contributed by atoms with Gasteiger partial charge in [0.05, 0.1) is 17.7 Å². The molecule has 0 saturated heterocycles. The number of ether oxygens (including phenoxy) is 1. The average Bonchev–Trinajstić information content (AvgIpc) is 3.22. The standard InChI is InChI=1S/C19H20N4O2S2/c1-25-15-8-4-13(5-9-15)11-20-17(24)12-27-19-22-21-18(16-3-2-10-26-16)23(19)14-6-7-14/h2-5,8-10,14H,6-7,11-12H2,1H3,(H,20,24). The Kier molecular flexibility index (Phi) is 5.45. The number of thiophene rings is 1. The first-order valence-electron chi connectivity index (χ1n) is 8.76. The van der Waals surface area contributed by atoms with E-state index in [0.717, 1.165) is 40.0 Å². The fourth-order valence-electron chi connectivity index (χ4n) is 2.74. The number of amides is 1. The van der Waals surface area contributed by atoms with E-state index in [4.69, 9.17) is 4.74 Å². The van der Waals surface area contributed by atoms with E-state index in [-0.39, 0.29) is 5.91 Å². The van der Waals surface area contributed by atoms with Gasteiger partial charge in [0.1, 0.15) is 5.75 Å². The molecule has 6 nitrogen and oxygen atoms in total. The molecule has 8 heteroatoms. The van der Waals surface area contributed by atoms with Gasteiger partial charge >= 0.3 is 0 Å². The lowest BCUT2D eigenvalue weighted by molar-refractivity contribution is -0.118. The van der Waals surface area contributed by atoms with Gasteiger partial charge in [-0.2, -0.15) is 0 Å². The Bertz CT molecular complexity index is 902. The Labute approximate surface area is 166 Å². The van der Waals surface area contributed by atoms with Crippen LogP contribution in [0.5, 0.6) is 5.75 Å². The van der Waals surface area contributed by atoms with Crippen molar-refractivity contribution in [2.45, 2.75) is 30.6 Å². The molecule has 4 rings (SSSR count). The fraction of sp³-hybridized carbons (Fsp3) is 0.316. The summed E-state index contributed by atoms with van der Waals surface area (Å²) in [5.74, 6) is 2.03. The predicted molar refractivity (Wildman–Crippen MR) is 107 cm³/mol. The number of methoxy groups -OCH3 is 1. The van der Waals surface area contributed by atoms with Gasteiger partial charge in [-0.05, 0) is 42.0 Å². The van der Waals surface area contributed by atoms with Gasteiger partial charge in [-0.15, -0.1) is 21.5 Å². The van der Waals surface area contributed by atoms with Crippen molar-refractivity contribution < 1.29 is 9.53 Å².